The zero-order valence-electron chi connectivity index (χ0n) is 25.3. The highest BCUT2D eigenvalue weighted by Crippen LogP contribution is 2.26. The number of pyridine rings is 1. The number of aryl methyl sites for hydroxylation is 2. The van der Waals surface area contributed by atoms with Crippen molar-refractivity contribution < 1.29 is 28.7 Å². The van der Waals surface area contributed by atoms with E-state index in [9.17, 15) is 19.2 Å². The lowest BCUT2D eigenvalue weighted by molar-refractivity contribution is -0.145. The third-order valence-corrected chi connectivity index (χ3v) is 6.92. The molecule has 44 heavy (non-hydrogen) atoms. The van der Waals surface area contributed by atoms with E-state index in [-0.39, 0.29) is 24.9 Å². The van der Waals surface area contributed by atoms with E-state index in [1.54, 1.807) is 62.6 Å². The van der Waals surface area contributed by atoms with Crippen LogP contribution < -0.4 is 5.32 Å². The third-order valence-electron chi connectivity index (χ3n) is 6.92. The molecule has 0 aliphatic heterocycles. The van der Waals surface area contributed by atoms with Gasteiger partial charge in [-0.3, -0.25) is 19.4 Å². The Bertz CT molecular complexity index is 1650. The number of methoxy groups -OCH3 is 1. The summed E-state index contributed by atoms with van der Waals surface area (Å²) in [6, 6.07) is 24.8. The first-order valence-corrected chi connectivity index (χ1v) is 14.2. The molecular weight excluding hydrogens is 558 g/mol. The summed E-state index contributed by atoms with van der Waals surface area (Å²) in [6.45, 7) is 2.05. The summed E-state index contributed by atoms with van der Waals surface area (Å²) in [4.78, 5) is 56.8. The minimum atomic E-state index is -0.462. The van der Waals surface area contributed by atoms with Crippen molar-refractivity contribution >= 4 is 29.4 Å². The highest BCUT2D eigenvalue weighted by Gasteiger charge is 2.20. The lowest BCUT2D eigenvalue weighted by atomic mass is 10.0. The van der Waals surface area contributed by atoms with Gasteiger partial charge in [0.05, 0.1) is 35.2 Å². The number of benzene rings is 3. The number of hydrogen-bond acceptors (Lipinski definition) is 7. The molecule has 1 N–H and O–H groups in total. The van der Waals surface area contributed by atoms with Crippen molar-refractivity contribution in [2.45, 2.75) is 32.8 Å². The number of anilines is 1. The van der Waals surface area contributed by atoms with Gasteiger partial charge in [-0.2, -0.15) is 0 Å². The van der Waals surface area contributed by atoms with Gasteiger partial charge in [0.2, 0.25) is 0 Å². The Balaban J connectivity index is 1.49. The SMILES string of the molecule is COC(=O)c1ccc(-c2nc(C)ccc2C(=O)Nc2ccc(CCCC(=O)OCc3ccccc3)cc2C(=O)N(C)C)cc1. The molecule has 0 saturated carbocycles. The minimum absolute atomic E-state index is 0.229. The Morgan fingerprint density at radius 2 is 1.57 bits per heavy atom. The van der Waals surface area contributed by atoms with E-state index in [0.29, 0.717) is 52.2 Å². The van der Waals surface area contributed by atoms with E-state index in [0.717, 1.165) is 11.1 Å². The van der Waals surface area contributed by atoms with Crippen LogP contribution in [-0.2, 0) is 27.3 Å². The van der Waals surface area contributed by atoms with Crippen molar-refractivity contribution in [3.05, 3.63) is 118 Å². The summed E-state index contributed by atoms with van der Waals surface area (Å²) in [5.74, 6) is -1.46. The molecule has 4 aromatic rings. The first-order valence-electron chi connectivity index (χ1n) is 14.2. The monoisotopic (exact) mass is 593 g/mol. The third kappa shape index (κ3) is 8.16. The van der Waals surface area contributed by atoms with Gasteiger partial charge >= 0.3 is 11.9 Å². The first-order chi connectivity index (χ1) is 21.2. The van der Waals surface area contributed by atoms with Crippen molar-refractivity contribution in [2.75, 3.05) is 26.5 Å². The summed E-state index contributed by atoms with van der Waals surface area (Å²) >= 11 is 0. The van der Waals surface area contributed by atoms with Gasteiger partial charge in [0.25, 0.3) is 11.8 Å². The molecule has 0 aliphatic carbocycles. The van der Waals surface area contributed by atoms with E-state index in [1.807, 2.05) is 43.3 Å². The van der Waals surface area contributed by atoms with Gasteiger partial charge in [-0.15, -0.1) is 0 Å². The van der Waals surface area contributed by atoms with Crippen LogP contribution in [0.3, 0.4) is 0 Å². The molecule has 9 heteroatoms. The van der Waals surface area contributed by atoms with Gasteiger partial charge in [-0.05, 0) is 67.3 Å². The molecule has 0 fully saturated rings. The predicted molar refractivity (Wildman–Crippen MR) is 167 cm³/mol. The number of nitrogens with zero attached hydrogens (tertiary/aromatic N) is 2. The molecule has 0 saturated heterocycles. The highest BCUT2D eigenvalue weighted by atomic mass is 16.5. The molecule has 1 heterocycles. The lowest BCUT2D eigenvalue weighted by Crippen LogP contribution is -2.24. The molecule has 1 aromatic heterocycles. The number of nitrogens with one attached hydrogen (secondary N) is 1. The fourth-order valence-corrected chi connectivity index (χ4v) is 4.55. The Morgan fingerprint density at radius 3 is 2.25 bits per heavy atom. The molecule has 0 aliphatic rings. The van der Waals surface area contributed by atoms with Gasteiger partial charge in [-0.25, -0.2) is 4.79 Å². The van der Waals surface area contributed by atoms with Crippen LogP contribution in [0.15, 0.2) is 84.9 Å². The quantitative estimate of drug-likeness (QED) is 0.217. The largest absolute Gasteiger partial charge is 0.465 e. The Labute approximate surface area is 256 Å². The summed E-state index contributed by atoms with van der Waals surface area (Å²) < 4.78 is 10.1. The van der Waals surface area contributed by atoms with Crippen molar-refractivity contribution in [1.82, 2.24) is 9.88 Å². The molecule has 0 spiro atoms. The van der Waals surface area contributed by atoms with Crippen LogP contribution in [0.5, 0.6) is 0 Å². The van der Waals surface area contributed by atoms with Crippen LogP contribution in [0.2, 0.25) is 0 Å². The Kier molecular flexibility index (Phi) is 10.6. The molecule has 0 atom stereocenters. The summed E-state index contributed by atoms with van der Waals surface area (Å²) in [7, 11) is 4.60. The maximum Gasteiger partial charge on any atom is 0.337 e. The number of amides is 2. The first kappa shape index (κ1) is 31.6. The molecule has 0 bridgehead atoms. The summed E-state index contributed by atoms with van der Waals surface area (Å²) in [5, 5.41) is 2.89. The molecule has 2 amide bonds. The number of rotatable bonds is 11. The van der Waals surface area contributed by atoms with Crippen LogP contribution in [0, 0.1) is 6.92 Å². The van der Waals surface area contributed by atoms with Gasteiger partial charge in [0.1, 0.15) is 6.61 Å². The van der Waals surface area contributed by atoms with Crippen molar-refractivity contribution in [1.29, 1.82) is 0 Å². The fourth-order valence-electron chi connectivity index (χ4n) is 4.55. The normalized spacial score (nSPS) is 10.5. The zero-order valence-corrected chi connectivity index (χ0v) is 25.3. The van der Waals surface area contributed by atoms with Crippen LogP contribution in [0.1, 0.15) is 60.7 Å². The standard InChI is InChI=1S/C35H35N3O6/c1-23-13-19-28(32(36-23)26-15-17-27(18-16-26)35(42)43-4)33(40)37-30-20-14-24(21-29(30)34(41)38(2)3)11-8-12-31(39)44-22-25-9-6-5-7-10-25/h5-7,9-10,13-21H,8,11-12,22H2,1-4H3,(H,37,40). The summed E-state index contributed by atoms with van der Waals surface area (Å²) in [5.41, 5.74) is 4.95. The van der Waals surface area contributed by atoms with E-state index in [4.69, 9.17) is 9.47 Å². The maximum atomic E-state index is 13.6. The van der Waals surface area contributed by atoms with Gasteiger partial charge < -0.3 is 19.7 Å². The molecule has 3 aromatic carbocycles. The molecule has 0 unspecified atom stereocenters. The average molecular weight is 594 g/mol. The van der Waals surface area contributed by atoms with E-state index in [2.05, 4.69) is 10.3 Å². The maximum absolute atomic E-state index is 13.6. The van der Waals surface area contributed by atoms with E-state index in [1.165, 1.54) is 12.0 Å². The number of hydrogen-bond donors (Lipinski definition) is 1. The molecule has 9 nitrogen and oxygen atoms in total. The van der Waals surface area contributed by atoms with Crippen LogP contribution >= 0.6 is 0 Å². The average Bonchev–Trinajstić information content (AvgIpc) is 3.04. The van der Waals surface area contributed by atoms with E-state index >= 15 is 0 Å². The number of carbonyl (C=O) groups is 4. The minimum Gasteiger partial charge on any atom is -0.465 e. The van der Waals surface area contributed by atoms with Gasteiger partial charge in [0.15, 0.2) is 0 Å². The number of carbonyl (C=O) groups excluding carboxylic acids is 4. The summed E-state index contributed by atoms with van der Waals surface area (Å²) in [6.07, 6.45) is 1.34. The Hall–Kier alpha value is -5.31. The smallest absolute Gasteiger partial charge is 0.337 e. The highest BCUT2D eigenvalue weighted by molar-refractivity contribution is 6.11. The van der Waals surface area contributed by atoms with Crippen LogP contribution in [-0.4, -0.2) is 54.8 Å². The second-order valence-electron chi connectivity index (χ2n) is 10.5. The predicted octanol–water partition coefficient (Wildman–Crippen LogP) is 5.86. The number of esters is 2. The number of ether oxygens (including phenoxy) is 2. The molecule has 4 rings (SSSR count). The zero-order chi connectivity index (χ0) is 31.6. The molecule has 0 radical (unpaired) electrons. The lowest BCUT2D eigenvalue weighted by Gasteiger charge is -2.17. The fraction of sp³-hybridized carbons (Fsp3) is 0.229. The Morgan fingerprint density at radius 1 is 0.841 bits per heavy atom. The van der Waals surface area contributed by atoms with Crippen molar-refractivity contribution in [3.8, 4) is 11.3 Å². The van der Waals surface area contributed by atoms with Crippen molar-refractivity contribution in [2.24, 2.45) is 0 Å². The second kappa shape index (κ2) is 14.7. The molecular formula is C35H35N3O6. The van der Waals surface area contributed by atoms with Crippen LogP contribution in [0.4, 0.5) is 5.69 Å². The number of aromatic nitrogens is 1. The van der Waals surface area contributed by atoms with E-state index < -0.39 is 11.9 Å². The van der Waals surface area contributed by atoms with Gasteiger partial charge in [-0.1, -0.05) is 48.5 Å². The second-order valence-corrected chi connectivity index (χ2v) is 10.5. The molecule has 226 valence electrons. The van der Waals surface area contributed by atoms with Crippen molar-refractivity contribution in [3.63, 3.8) is 0 Å². The topological polar surface area (TPSA) is 115 Å². The van der Waals surface area contributed by atoms with Crippen LogP contribution in [0.25, 0.3) is 11.3 Å². The van der Waals surface area contributed by atoms with Gasteiger partial charge in [0, 0.05) is 31.8 Å².